The van der Waals surface area contributed by atoms with E-state index in [2.05, 4.69) is 36.7 Å². The van der Waals surface area contributed by atoms with Gasteiger partial charge in [-0.1, -0.05) is 40.0 Å². The first-order valence-electron chi connectivity index (χ1n) is 20.0. The van der Waals surface area contributed by atoms with Crippen molar-refractivity contribution in [3.63, 3.8) is 0 Å². The average Bonchev–Trinajstić information content (AvgIpc) is 3.42. The van der Waals surface area contributed by atoms with Gasteiger partial charge in [0.2, 0.25) is 0 Å². The quantitative estimate of drug-likeness (QED) is 0.0972. The highest BCUT2D eigenvalue weighted by molar-refractivity contribution is 5.72. The van der Waals surface area contributed by atoms with Gasteiger partial charge in [0, 0.05) is 6.04 Å². The molecule has 0 spiro atoms. The molecule has 5 fully saturated rings. The van der Waals surface area contributed by atoms with Crippen LogP contribution in [0.4, 0.5) is 0 Å². The number of aliphatic hydroxyl groups is 1. The molecule has 5 aliphatic rings. The van der Waals surface area contributed by atoms with Crippen molar-refractivity contribution in [2.24, 2.45) is 58.0 Å². The van der Waals surface area contributed by atoms with Crippen molar-refractivity contribution in [3.8, 4) is 0 Å². The fourth-order valence-corrected chi connectivity index (χ4v) is 11.7. The van der Waals surface area contributed by atoms with Crippen LogP contribution in [0.2, 0.25) is 0 Å². The lowest BCUT2D eigenvalue weighted by atomic mass is 9.43. The van der Waals surface area contributed by atoms with E-state index in [0.29, 0.717) is 53.6 Å². The van der Waals surface area contributed by atoms with E-state index in [9.17, 15) is 9.90 Å². The zero-order valence-electron chi connectivity index (χ0n) is 30.0. The van der Waals surface area contributed by atoms with Crippen LogP contribution in [0.1, 0.15) is 130 Å². The van der Waals surface area contributed by atoms with E-state index in [1.165, 1.54) is 83.5 Å². The molecule has 10 atom stereocenters. The third-order valence-electron chi connectivity index (χ3n) is 14.3. The van der Waals surface area contributed by atoms with Crippen LogP contribution in [0, 0.1) is 52.3 Å². The normalized spacial score (nSPS) is 38.5. The van der Waals surface area contributed by atoms with E-state index in [0.717, 1.165) is 65.0 Å². The number of ether oxygens (including phenoxy) is 1. The highest BCUT2D eigenvalue weighted by Crippen LogP contribution is 2.68. The highest BCUT2D eigenvalue weighted by Gasteiger charge is 2.63. The van der Waals surface area contributed by atoms with Crippen LogP contribution in [-0.4, -0.2) is 69.1 Å². The predicted molar refractivity (Wildman–Crippen MR) is 188 cm³/mol. The minimum atomic E-state index is -0.162. The van der Waals surface area contributed by atoms with E-state index in [1.807, 2.05) is 0 Å². The van der Waals surface area contributed by atoms with Crippen molar-refractivity contribution in [1.82, 2.24) is 16.0 Å². The maximum Gasteiger partial charge on any atom is 0.308 e. The van der Waals surface area contributed by atoms with Crippen molar-refractivity contribution in [2.75, 3.05) is 45.9 Å². The molecule has 0 radical (unpaired) electrons. The minimum absolute atomic E-state index is 0.0622. The van der Waals surface area contributed by atoms with Gasteiger partial charge in [0.05, 0.1) is 18.6 Å². The molecular weight excluding hydrogens is 572 g/mol. The minimum Gasteiger partial charge on any atom is -0.465 e. The van der Waals surface area contributed by atoms with Crippen LogP contribution in [0.15, 0.2) is 0 Å². The molecule has 0 aliphatic heterocycles. The first-order valence-corrected chi connectivity index (χ1v) is 20.0. The van der Waals surface area contributed by atoms with Crippen LogP contribution in [0.5, 0.6) is 0 Å². The molecule has 7 heteroatoms. The zero-order valence-corrected chi connectivity index (χ0v) is 30.0. The van der Waals surface area contributed by atoms with E-state index in [1.54, 1.807) is 0 Å². The Bertz CT molecular complexity index is 929. The van der Waals surface area contributed by atoms with Crippen LogP contribution in [-0.2, 0) is 9.53 Å². The van der Waals surface area contributed by atoms with Gasteiger partial charge in [0.25, 0.3) is 0 Å². The molecule has 0 saturated heterocycles. The van der Waals surface area contributed by atoms with Crippen LogP contribution < -0.4 is 21.7 Å². The van der Waals surface area contributed by atoms with E-state index < -0.39 is 0 Å². The first-order chi connectivity index (χ1) is 22.3. The lowest BCUT2D eigenvalue weighted by molar-refractivity contribution is -0.169. The molecule has 0 amide bonds. The van der Waals surface area contributed by atoms with Gasteiger partial charge in [0.1, 0.15) is 0 Å². The fraction of sp³-hybridized carbons (Fsp3) is 0.974. The molecule has 7 nitrogen and oxygen atoms in total. The van der Waals surface area contributed by atoms with Crippen molar-refractivity contribution < 1.29 is 14.6 Å². The average molecular weight is 645 g/mol. The van der Waals surface area contributed by atoms with Gasteiger partial charge >= 0.3 is 5.97 Å². The Kier molecular flexibility index (Phi) is 13.7. The molecule has 6 N–H and O–H groups in total. The molecule has 5 aliphatic carbocycles. The van der Waals surface area contributed by atoms with Crippen molar-refractivity contribution in [3.05, 3.63) is 0 Å². The second-order valence-electron chi connectivity index (χ2n) is 17.1. The summed E-state index contributed by atoms with van der Waals surface area (Å²) in [6.07, 6.45) is 20.0. The van der Waals surface area contributed by atoms with Gasteiger partial charge in [-0.15, -0.1) is 0 Å². The van der Waals surface area contributed by atoms with Gasteiger partial charge in [0.15, 0.2) is 0 Å². The Labute approximate surface area is 282 Å². The topological polar surface area (TPSA) is 109 Å². The number of fused-ring (bicyclic) bond motifs is 5. The number of nitrogens with two attached hydrogens (primary N) is 1. The summed E-state index contributed by atoms with van der Waals surface area (Å²) in [6.45, 7) is 14.3. The summed E-state index contributed by atoms with van der Waals surface area (Å²) in [5.41, 5.74) is 6.17. The van der Waals surface area contributed by atoms with Gasteiger partial charge in [-0.3, -0.25) is 4.79 Å². The maximum atomic E-state index is 12.8. The predicted octanol–water partition coefficient (Wildman–Crippen LogP) is 6.03. The lowest BCUT2D eigenvalue weighted by Crippen LogP contribution is -2.59. The van der Waals surface area contributed by atoms with Gasteiger partial charge < -0.3 is 31.5 Å². The Hall–Kier alpha value is -0.730. The monoisotopic (exact) mass is 645 g/mol. The van der Waals surface area contributed by atoms with Gasteiger partial charge in [-0.25, -0.2) is 0 Å². The molecule has 0 bridgehead atoms. The molecule has 5 rings (SSSR count). The Morgan fingerprint density at radius 1 is 0.826 bits per heavy atom. The van der Waals surface area contributed by atoms with E-state index in [4.69, 9.17) is 10.5 Å². The molecule has 5 saturated carbocycles. The number of unbranched alkanes of at least 4 members (excludes halogenated alkanes) is 1. The fourth-order valence-electron chi connectivity index (χ4n) is 11.7. The SMILES string of the molecule is C[C@H](COC(=O)C1CCCCC1)[C@H]1CCC2C3C(CC[C@@]21C)[C@@]1(C)CC[C@H](NCCCNCCCCNCCCN)CC1C[C@@H]3O. The first kappa shape index (κ1) is 36.5. The van der Waals surface area contributed by atoms with Gasteiger partial charge in [-0.05, 0) is 175 Å². The summed E-state index contributed by atoms with van der Waals surface area (Å²) in [5.74, 6) is 3.52. The third-order valence-corrected chi connectivity index (χ3v) is 14.3. The largest absolute Gasteiger partial charge is 0.465 e. The summed E-state index contributed by atoms with van der Waals surface area (Å²) in [7, 11) is 0. The third kappa shape index (κ3) is 8.52. The summed E-state index contributed by atoms with van der Waals surface area (Å²) >= 11 is 0. The number of esters is 1. The Balaban J connectivity index is 1.04. The number of aliphatic hydroxyl groups excluding tert-OH is 1. The van der Waals surface area contributed by atoms with Crippen LogP contribution in [0.25, 0.3) is 0 Å². The molecule has 266 valence electrons. The Morgan fingerprint density at radius 3 is 2.24 bits per heavy atom. The number of carbonyl (C=O) groups excluding carboxylic acids is 1. The summed E-state index contributed by atoms with van der Waals surface area (Å²) < 4.78 is 5.98. The van der Waals surface area contributed by atoms with Crippen molar-refractivity contribution in [1.29, 1.82) is 0 Å². The van der Waals surface area contributed by atoms with E-state index >= 15 is 0 Å². The maximum absolute atomic E-state index is 12.8. The van der Waals surface area contributed by atoms with Crippen LogP contribution in [0.3, 0.4) is 0 Å². The summed E-state index contributed by atoms with van der Waals surface area (Å²) in [4.78, 5) is 12.8. The number of nitrogens with one attached hydrogen (secondary N) is 3. The second-order valence-corrected chi connectivity index (χ2v) is 17.1. The summed E-state index contributed by atoms with van der Waals surface area (Å²) in [6, 6.07) is 0.600. The molecule has 0 heterocycles. The number of hydrogen-bond donors (Lipinski definition) is 5. The molecular formula is C39H72N4O3. The zero-order chi connectivity index (χ0) is 32.6. The van der Waals surface area contributed by atoms with Crippen LogP contribution >= 0.6 is 0 Å². The molecule has 0 aromatic rings. The second kappa shape index (κ2) is 17.3. The highest BCUT2D eigenvalue weighted by atomic mass is 16.5. The number of hydrogen-bond acceptors (Lipinski definition) is 7. The number of carbonyl (C=O) groups is 1. The smallest absolute Gasteiger partial charge is 0.308 e. The van der Waals surface area contributed by atoms with E-state index in [-0.39, 0.29) is 23.4 Å². The molecule has 4 unspecified atom stereocenters. The van der Waals surface area contributed by atoms with Crippen molar-refractivity contribution in [2.45, 2.75) is 142 Å². The summed E-state index contributed by atoms with van der Waals surface area (Å²) in [5, 5.41) is 22.8. The molecule has 0 aromatic heterocycles. The lowest BCUT2D eigenvalue weighted by Gasteiger charge is -2.62. The van der Waals surface area contributed by atoms with Crippen molar-refractivity contribution >= 4 is 5.97 Å². The standard InChI is InChI=1S/C39H72N4O3/c1-28(27-46-37(45)29-11-5-4-6-12-29)32-13-14-33-36-34(16-18-39(32,33)3)38(2)17-15-31(25-30(38)26-35(36)44)43-24-10-23-42-21-8-7-20-41-22-9-19-40/h28-36,41-44H,4-27,40H2,1-3H3/t28-,30?,31+,32-,33?,34?,35+,36?,38+,39-/m1/s1. The molecule has 0 aromatic carbocycles. The molecule has 46 heavy (non-hydrogen) atoms. The van der Waals surface area contributed by atoms with Gasteiger partial charge in [-0.2, -0.15) is 0 Å². The number of rotatable bonds is 17. The Morgan fingerprint density at radius 2 is 1.50 bits per heavy atom.